The van der Waals surface area contributed by atoms with Gasteiger partial charge in [-0.2, -0.15) is 0 Å². The van der Waals surface area contributed by atoms with Gasteiger partial charge in [-0.3, -0.25) is 0 Å². The van der Waals surface area contributed by atoms with Crippen molar-refractivity contribution >= 4 is 11.6 Å². The number of aryl methyl sites for hydroxylation is 2. The van der Waals surface area contributed by atoms with Gasteiger partial charge in [0.05, 0.1) is 6.61 Å². The van der Waals surface area contributed by atoms with E-state index in [1.165, 1.54) is 16.7 Å². The zero-order valence-corrected chi connectivity index (χ0v) is 12.2. The van der Waals surface area contributed by atoms with E-state index in [1.807, 2.05) is 0 Å². The van der Waals surface area contributed by atoms with Crippen molar-refractivity contribution in [2.45, 2.75) is 33.2 Å². The number of nitrogens with one attached hydrogen (secondary N) is 1. The van der Waals surface area contributed by atoms with Crippen LogP contribution in [0.25, 0.3) is 0 Å². The van der Waals surface area contributed by atoms with E-state index in [9.17, 15) is 0 Å². The molecule has 0 radical (unpaired) electrons. The van der Waals surface area contributed by atoms with Crippen LogP contribution in [-0.2, 0) is 4.74 Å². The Morgan fingerprint density at radius 1 is 1.39 bits per heavy atom. The van der Waals surface area contributed by atoms with E-state index >= 15 is 0 Å². The maximum atomic E-state index is 6.43. The van der Waals surface area contributed by atoms with Gasteiger partial charge in [0.2, 0.25) is 0 Å². The Labute approximate surface area is 115 Å². The Morgan fingerprint density at radius 2 is 2.11 bits per heavy atom. The van der Waals surface area contributed by atoms with Crippen LogP contribution >= 0.6 is 11.6 Å². The molecular weight excluding hydrogens is 246 g/mol. The van der Waals surface area contributed by atoms with Gasteiger partial charge in [-0.05, 0) is 49.6 Å². The third-order valence-corrected chi connectivity index (χ3v) is 4.14. The molecule has 2 unspecified atom stereocenters. The zero-order valence-electron chi connectivity index (χ0n) is 11.4. The van der Waals surface area contributed by atoms with Crippen LogP contribution in [0.5, 0.6) is 0 Å². The van der Waals surface area contributed by atoms with Gasteiger partial charge < -0.3 is 10.1 Å². The van der Waals surface area contributed by atoms with E-state index in [-0.39, 0.29) is 0 Å². The summed E-state index contributed by atoms with van der Waals surface area (Å²) >= 11 is 6.43. The van der Waals surface area contributed by atoms with E-state index in [4.69, 9.17) is 16.3 Å². The quantitative estimate of drug-likeness (QED) is 0.899. The summed E-state index contributed by atoms with van der Waals surface area (Å²) in [5, 5.41) is 4.44. The normalized spacial score (nSPS) is 21.2. The van der Waals surface area contributed by atoms with Gasteiger partial charge in [0.1, 0.15) is 0 Å². The third kappa shape index (κ3) is 2.87. The van der Waals surface area contributed by atoms with Crippen LogP contribution in [0.3, 0.4) is 0 Å². The molecule has 100 valence electrons. The Balaban J connectivity index is 2.32. The molecule has 1 aliphatic rings. The van der Waals surface area contributed by atoms with Crippen LogP contribution in [0, 0.1) is 19.8 Å². The van der Waals surface area contributed by atoms with Crippen LogP contribution in [-0.4, -0.2) is 19.8 Å². The first-order valence-corrected chi connectivity index (χ1v) is 7.09. The third-order valence-electron chi connectivity index (χ3n) is 3.81. The molecule has 1 aromatic carbocycles. The van der Waals surface area contributed by atoms with Crippen LogP contribution in [0.15, 0.2) is 12.1 Å². The highest BCUT2D eigenvalue weighted by molar-refractivity contribution is 6.31. The predicted molar refractivity (Wildman–Crippen MR) is 76.3 cm³/mol. The molecule has 1 heterocycles. The second-order valence-electron chi connectivity index (χ2n) is 5.12. The molecule has 1 aliphatic heterocycles. The molecule has 2 nitrogen and oxygen atoms in total. The van der Waals surface area contributed by atoms with Crippen molar-refractivity contribution in [3.63, 3.8) is 0 Å². The average molecular weight is 268 g/mol. The van der Waals surface area contributed by atoms with Gasteiger partial charge in [-0.15, -0.1) is 0 Å². The van der Waals surface area contributed by atoms with Gasteiger partial charge in [-0.1, -0.05) is 24.6 Å². The van der Waals surface area contributed by atoms with Crippen LogP contribution in [0.1, 0.15) is 36.1 Å². The molecule has 0 aliphatic carbocycles. The first-order chi connectivity index (χ1) is 8.63. The SMILES string of the molecule is CCNC(c1cc(C)c(C)cc1Cl)C1CCOC1. The fraction of sp³-hybridized carbons (Fsp3) is 0.600. The fourth-order valence-corrected chi connectivity index (χ4v) is 2.94. The molecule has 2 atom stereocenters. The largest absolute Gasteiger partial charge is 0.381 e. The molecule has 1 saturated heterocycles. The summed E-state index contributed by atoms with van der Waals surface area (Å²) in [6.45, 7) is 9.04. The summed E-state index contributed by atoms with van der Waals surface area (Å²) in [6, 6.07) is 4.61. The number of hydrogen-bond donors (Lipinski definition) is 1. The molecule has 0 amide bonds. The van der Waals surface area contributed by atoms with Crippen molar-refractivity contribution in [2.24, 2.45) is 5.92 Å². The number of halogens is 1. The lowest BCUT2D eigenvalue weighted by Crippen LogP contribution is -2.29. The summed E-state index contributed by atoms with van der Waals surface area (Å²) in [6.07, 6.45) is 1.11. The van der Waals surface area contributed by atoms with E-state index in [0.717, 1.165) is 31.2 Å². The summed E-state index contributed by atoms with van der Waals surface area (Å²) < 4.78 is 5.52. The van der Waals surface area contributed by atoms with Crippen molar-refractivity contribution in [1.82, 2.24) is 5.32 Å². The van der Waals surface area contributed by atoms with Crippen LogP contribution in [0.2, 0.25) is 5.02 Å². The Hall–Kier alpha value is -0.570. The minimum absolute atomic E-state index is 0.310. The van der Waals surface area contributed by atoms with E-state index in [2.05, 4.69) is 38.2 Å². The van der Waals surface area contributed by atoms with E-state index in [0.29, 0.717) is 12.0 Å². The maximum Gasteiger partial charge on any atom is 0.0513 e. The molecule has 1 N–H and O–H groups in total. The molecule has 0 spiro atoms. The van der Waals surface area contributed by atoms with Crippen molar-refractivity contribution in [2.75, 3.05) is 19.8 Å². The van der Waals surface area contributed by atoms with Gasteiger partial charge in [0.15, 0.2) is 0 Å². The van der Waals surface area contributed by atoms with Crippen molar-refractivity contribution in [3.8, 4) is 0 Å². The molecule has 0 saturated carbocycles. The van der Waals surface area contributed by atoms with Crippen molar-refractivity contribution in [1.29, 1.82) is 0 Å². The highest BCUT2D eigenvalue weighted by Crippen LogP contribution is 2.34. The summed E-state index contributed by atoms with van der Waals surface area (Å²) in [7, 11) is 0. The Kier molecular flexibility index (Phi) is 4.66. The highest BCUT2D eigenvalue weighted by atomic mass is 35.5. The lowest BCUT2D eigenvalue weighted by atomic mass is 9.90. The highest BCUT2D eigenvalue weighted by Gasteiger charge is 2.28. The first kappa shape index (κ1) is 13.9. The minimum atomic E-state index is 0.310. The lowest BCUT2D eigenvalue weighted by Gasteiger charge is -2.25. The van der Waals surface area contributed by atoms with Gasteiger partial charge >= 0.3 is 0 Å². The molecular formula is C15H22ClNO. The Bertz CT molecular complexity index is 413. The zero-order chi connectivity index (χ0) is 13.1. The average Bonchev–Trinajstić information content (AvgIpc) is 2.85. The number of ether oxygens (including phenoxy) is 1. The summed E-state index contributed by atoms with van der Waals surface area (Å²) in [4.78, 5) is 0. The van der Waals surface area contributed by atoms with E-state index in [1.54, 1.807) is 0 Å². The molecule has 0 aromatic heterocycles. The van der Waals surface area contributed by atoms with Gasteiger partial charge in [0.25, 0.3) is 0 Å². The second kappa shape index (κ2) is 6.05. The molecule has 18 heavy (non-hydrogen) atoms. The van der Waals surface area contributed by atoms with Crippen molar-refractivity contribution < 1.29 is 4.74 Å². The van der Waals surface area contributed by atoms with E-state index < -0.39 is 0 Å². The van der Waals surface area contributed by atoms with Crippen LogP contribution in [0.4, 0.5) is 0 Å². The molecule has 1 aromatic rings. The summed E-state index contributed by atoms with van der Waals surface area (Å²) in [5.41, 5.74) is 3.77. The number of hydrogen-bond acceptors (Lipinski definition) is 2. The summed E-state index contributed by atoms with van der Waals surface area (Å²) in [5.74, 6) is 0.532. The molecule has 2 rings (SSSR count). The number of rotatable bonds is 4. The topological polar surface area (TPSA) is 21.3 Å². The Morgan fingerprint density at radius 3 is 2.72 bits per heavy atom. The smallest absolute Gasteiger partial charge is 0.0513 e. The molecule has 3 heteroatoms. The van der Waals surface area contributed by atoms with Gasteiger partial charge in [-0.25, -0.2) is 0 Å². The first-order valence-electron chi connectivity index (χ1n) is 6.71. The predicted octanol–water partition coefficient (Wildman–Crippen LogP) is 3.64. The van der Waals surface area contributed by atoms with Crippen molar-refractivity contribution in [3.05, 3.63) is 33.8 Å². The fourth-order valence-electron chi connectivity index (χ4n) is 2.61. The molecule has 1 fully saturated rings. The van der Waals surface area contributed by atoms with Crippen LogP contribution < -0.4 is 5.32 Å². The maximum absolute atomic E-state index is 6.43. The monoisotopic (exact) mass is 267 g/mol. The second-order valence-corrected chi connectivity index (χ2v) is 5.52. The van der Waals surface area contributed by atoms with Gasteiger partial charge in [0, 0.05) is 23.6 Å². The number of benzene rings is 1. The standard InChI is InChI=1S/C15H22ClNO/c1-4-17-15(12-5-6-18-9-12)13-7-10(2)11(3)8-14(13)16/h7-8,12,15,17H,4-6,9H2,1-3H3. The minimum Gasteiger partial charge on any atom is -0.381 e. The lowest BCUT2D eigenvalue weighted by molar-refractivity contribution is 0.177. The molecule has 0 bridgehead atoms.